The molecule has 0 amide bonds. The number of hydrogen-bond donors (Lipinski definition) is 1. The van der Waals surface area contributed by atoms with E-state index in [4.69, 9.17) is 16.3 Å². The van der Waals surface area contributed by atoms with Gasteiger partial charge in [-0.05, 0) is 50.3 Å². The Morgan fingerprint density at radius 2 is 1.86 bits per heavy atom. The van der Waals surface area contributed by atoms with Gasteiger partial charge in [0.2, 0.25) is 5.88 Å². The molecule has 0 saturated carbocycles. The highest BCUT2D eigenvalue weighted by Gasteiger charge is 2.08. The number of ether oxygens (including phenoxy) is 1. The Kier molecular flexibility index (Phi) is 5.31. The number of benzene rings is 1. The summed E-state index contributed by atoms with van der Waals surface area (Å²) in [6.07, 6.45) is 1.94. The molecule has 0 spiro atoms. The normalized spacial score (nSPS) is 10.5. The molecular formula is C15H18ClN3OS. The minimum Gasteiger partial charge on any atom is -0.439 e. The Morgan fingerprint density at radius 3 is 2.43 bits per heavy atom. The lowest BCUT2D eigenvalue weighted by Gasteiger charge is -2.11. The molecule has 21 heavy (non-hydrogen) atoms. The second kappa shape index (κ2) is 7.00. The van der Waals surface area contributed by atoms with Crippen LogP contribution in [-0.2, 0) is 0 Å². The van der Waals surface area contributed by atoms with E-state index in [9.17, 15) is 0 Å². The minimum atomic E-state index is 0.520. The number of nitrogens with one attached hydrogen (secondary N) is 1. The van der Waals surface area contributed by atoms with Crippen molar-refractivity contribution in [3.8, 4) is 11.6 Å². The van der Waals surface area contributed by atoms with Crippen LogP contribution in [0.1, 0.15) is 18.1 Å². The van der Waals surface area contributed by atoms with Crippen LogP contribution in [0, 0.1) is 13.8 Å². The van der Waals surface area contributed by atoms with Crippen LogP contribution in [0.15, 0.2) is 23.4 Å². The van der Waals surface area contributed by atoms with Gasteiger partial charge in [0.1, 0.15) is 11.6 Å². The largest absolute Gasteiger partial charge is 0.439 e. The van der Waals surface area contributed by atoms with Gasteiger partial charge in [-0.1, -0.05) is 23.4 Å². The van der Waals surface area contributed by atoms with Crippen LogP contribution in [0.2, 0.25) is 5.02 Å². The number of aromatic nitrogens is 2. The summed E-state index contributed by atoms with van der Waals surface area (Å²) in [5.41, 5.74) is 1.97. The number of halogens is 1. The first-order valence-electron chi connectivity index (χ1n) is 6.65. The number of anilines is 1. The summed E-state index contributed by atoms with van der Waals surface area (Å²) in [6.45, 7) is 6.73. The fourth-order valence-electron chi connectivity index (χ4n) is 1.90. The van der Waals surface area contributed by atoms with Gasteiger partial charge in [-0.3, -0.25) is 0 Å². The van der Waals surface area contributed by atoms with Gasteiger partial charge in [-0.25, -0.2) is 4.98 Å². The van der Waals surface area contributed by atoms with E-state index in [0.29, 0.717) is 11.0 Å². The molecule has 0 aliphatic carbocycles. The van der Waals surface area contributed by atoms with Crippen LogP contribution in [-0.4, -0.2) is 22.8 Å². The summed E-state index contributed by atoms with van der Waals surface area (Å²) in [5.74, 6) is 2.00. The van der Waals surface area contributed by atoms with Gasteiger partial charge in [-0.2, -0.15) is 4.98 Å². The molecule has 2 rings (SSSR count). The van der Waals surface area contributed by atoms with E-state index < -0.39 is 0 Å². The van der Waals surface area contributed by atoms with Crippen molar-refractivity contribution in [2.75, 3.05) is 18.1 Å². The van der Waals surface area contributed by atoms with E-state index in [1.54, 1.807) is 6.07 Å². The molecule has 0 aliphatic heterocycles. The Bertz CT molecular complexity index is 626. The van der Waals surface area contributed by atoms with Gasteiger partial charge in [0.15, 0.2) is 5.16 Å². The third-order valence-corrected chi connectivity index (χ3v) is 4.00. The molecule has 0 saturated heterocycles. The summed E-state index contributed by atoms with van der Waals surface area (Å²) in [4.78, 5) is 8.74. The van der Waals surface area contributed by atoms with E-state index in [2.05, 4.69) is 15.3 Å². The Balaban J connectivity index is 2.32. The fraction of sp³-hybridized carbons (Fsp3) is 0.333. The van der Waals surface area contributed by atoms with Crippen LogP contribution in [0.4, 0.5) is 5.82 Å². The maximum absolute atomic E-state index is 6.17. The number of thioether (sulfide) groups is 1. The number of hydrogen-bond acceptors (Lipinski definition) is 5. The highest BCUT2D eigenvalue weighted by atomic mass is 35.5. The molecule has 1 N–H and O–H groups in total. The van der Waals surface area contributed by atoms with Crippen molar-refractivity contribution in [1.82, 2.24) is 9.97 Å². The quantitative estimate of drug-likeness (QED) is 0.638. The summed E-state index contributed by atoms with van der Waals surface area (Å²) in [6, 6.07) is 5.61. The van der Waals surface area contributed by atoms with Crippen molar-refractivity contribution in [2.24, 2.45) is 0 Å². The Labute approximate surface area is 134 Å². The van der Waals surface area contributed by atoms with Crippen LogP contribution < -0.4 is 10.1 Å². The Hall–Kier alpha value is -1.46. The molecule has 0 radical (unpaired) electrons. The average molecular weight is 324 g/mol. The molecule has 6 heteroatoms. The highest BCUT2D eigenvalue weighted by Crippen LogP contribution is 2.29. The number of rotatable bonds is 5. The molecule has 1 aromatic carbocycles. The van der Waals surface area contributed by atoms with Gasteiger partial charge in [0, 0.05) is 17.6 Å². The van der Waals surface area contributed by atoms with Crippen molar-refractivity contribution in [1.29, 1.82) is 0 Å². The molecule has 1 heterocycles. The summed E-state index contributed by atoms with van der Waals surface area (Å²) in [5, 5.41) is 4.61. The Morgan fingerprint density at radius 1 is 1.19 bits per heavy atom. The lowest BCUT2D eigenvalue weighted by Crippen LogP contribution is -2.02. The lowest BCUT2D eigenvalue weighted by molar-refractivity contribution is 0.455. The minimum absolute atomic E-state index is 0.520. The zero-order valence-corrected chi connectivity index (χ0v) is 14.1. The molecule has 0 bridgehead atoms. The number of nitrogens with zero attached hydrogens (tertiary/aromatic N) is 2. The van der Waals surface area contributed by atoms with Crippen molar-refractivity contribution in [3.05, 3.63) is 34.3 Å². The predicted octanol–water partition coefficient (Wildman–Crippen LogP) is 4.69. The molecule has 0 unspecified atom stereocenters. The molecule has 0 fully saturated rings. The highest BCUT2D eigenvalue weighted by molar-refractivity contribution is 7.98. The first kappa shape index (κ1) is 15.9. The fourth-order valence-corrected chi connectivity index (χ4v) is 2.38. The molecular weight excluding hydrogens is 306 g/mol. The zero-order valence-electron chi connectivity index (χ0n) is 12.5. The van der Waals surface area contributed by atoms with Crippen molar-refractivity contribution < 1.29 is 4.74 Å². The van der Waals surface area contributed by atoms with Gasteiger partial charge < -0.3 is 10.1 Å². The number of aryl methyl sites for hydroxylation is 2. The standard InChI is InChI=1S/C15H18ClN3OS/c1-5-17-12-8-13(19-15(18-12)21-4)20-11-6-9(2)14(16)10(3)7-11/h6-8H,5H2,1-4H3,(H,17,18,19). The molecule has 2 aromatic rings. The second-order valence-corrected chi connectivity index (χ2v) is 5.73. The SMILES string of the molecule is CCNc1cc(Oc2cc(C)c(Cl)c(C)c2)nc(SC)n1. The third kappa shape index (κ3) is 4.02. The maximum Gasteiger partial charge on any atom is 0.225 e. The molecule has 4 nitrogen and oxygen atoms in total. The van der Waals surface area contributed by atoms with Crippen molar-refractivity contribution in [2.45, 2.75) is 25.9 Å². The van der Waals surface area contributed by atoms with Crippen molar-refractivity contribution >= 4 is 29.2 Å². The molecule has 0 aliphatic rings. The predicted molar refractivity (Wildman–Crippen MR) is 89.0 cm³/mol. The lowest BCUT2D eigenvalue weighted by atomic mass is 10.1. The van der Waals surface area contributed by atoms with E-state index in [1.807, 2.05) is 39.2 Å². The van der Waals surface area contributed by atoms with E-state index in [0.717, 1.165) is 34.3 Å². The first-order valence-corrected chi connectivity index (χ1v) is 8.25. The van der Waals surface area contributed by atoms with Gasteiger partial charge in [0.25, 0.3) is 0 Å². The van der Waals surface area contributed by atoms with Crippen molar-refractivity contribution in [3.63, 3.8) is 0 Å². The summed E-state index contributed by atoms with van der Waals surface area (Å²) in [7, 11) is 0. The van der Waals surface area contributed by atoms with Crippen LogP contribution in [0.5, 0.6) is 11.6 Å². The van der Waals surface area contributed by atoms with Crippen LogP contribution in [0.3, 0.4) is 0 Å². The van der Waals surface area contributed by atoms with Gasteiger partial charge >= 0.3 is 0 Å². The third-order valence-electron chi connectivity index (χ3n) is 2.85. The van der Waals surface area contributed by atoms with E-state index in [1.165, 1.54) is 11.8 Å². The summed E-state index contributed by atoms with van der Waals surface area (Å²) < 4.78 is 5.86. The molecule has 1 aromatic heterocycles. The second-order valence-electron chi connectivity index (χ2n) is 4.58. The summed E-state index contributed by atoms with van der Waals surface area (Å²) >= 11 is 7.65. The van der Waals surface area contributed by atoms with E-state index >= 15 is 0 Å². The smallest absolute Gasteiger partial charge is 0.225 e. The van der Waals surface area contributed by atoms with E-state index in [-0.39, 0.29) is 0 Å². The van der Waals surface area contributed by atoms with Gasteiger partial charge in [0.05, 0.1) is 0 Å². The molecule has 112 valence electrons. The van der Waals surface area contributed by atoms with Crippen LogP contribution in [0.25, 0.3) is 0 Å². The molecule has 0 atom stereocenters. The average Bonchev–Trinajstić information content (AvgIpc) is 2.44. The maximum atomic E-state index is 6.17. The topological polar surface area (TPSA) is 47.0 Å². The first-order chi connectivity index (χ1) is 10.0. The van der Waals surface area contributed by atoms with Gasteiger partial charge in [-0.15, -0.1) is 0 Å². The monoisotopic (exact) mass is 323 g/mol. The van der Waals surface area contributed by atoms with Crippen LogP contribution >= 0.6 is 23.4 Å². The zero-order chi connectivity index (χ0) is 15.4.